The van der Waals surface area contributed by atoms with E-state index < -0.39 is 23.7 Å². The number of aromatic nitrogens is 1. The van der Waals surface area contributed by atoms with E-state index in [2.05, 4.69) is 15.2 Å². The highest BCUT2D eigenvalue weighted by molar-refractivity contribution is 5.94. The highest BCUT2D eigenvalue weighted by Crippen LogP contribution is 2.35. The molecule has 0 saturated carbocycles. The van der Waals surface area contributed by atoms with E-state index in [0.717, 1.165) is 39.6 Å². The first-order valence-electron chi connectivity index (χ1n) is 12.4. The lowest BCUT2D eigenvalue weighted by Crippen LogP contribution is -2.44. The van der Waals surface area contributed by atoms with Crippen molar-refractivity contribution in [1.29, 1.82) is 0 Å². The van der Waals surface area contributed by atoms with Gasteiger partial charge < -0.3 is 19.8 Å². The van der Waals surface area contributed by atoms with Crippen LogP contribution in [0, 0.1) is 0 Å². The highest BCUT2D eigenvalue weighted by Gasteiger charge is 2.33. The Morgan fingerprint density at radius 3 is 2.68 bits per heavy atom. The first-order chi connectivity index (χ1) is 17.8. The average Bonchev–Trinajstić information content (AvgIpc) is 3.26. The third kappa shape index (κ3) is 5.66. The predicted octanol–water partition coefficient (Wildman–Crippen LogP) is 3.55. The summed E-state index contributed by atoms with van der Waals surface area (Å²) in [6, 6.07) is 12.8. The second-order valence-electron chi connectivity index (χ2n) is 9.50. The van der Waals surface area contributed by atoms with Crippen molar-refractivity contribution in [2.75, 3.05) is 57.4 Å². The average molecular weight is 513 g/mol. The molecular formula is C27H30F2N4O4. The van der Waals surface area contributed by atoms with Crippen molar-refractivity contribution in [3.05, 3.63) is 64.4 Å². The Bertz CT molecular complexity index is 1330. The molecule has 1 atom stereocenters. The number of H-pyrrole nitrogens is 1. The molecular weight excluding hydrogens is 482 g/mol. The maximum Gasteiger partial charge on any atom is 0.414 e. The number of piperazine rings is 1. The number of ether oxygens (including phenoxy) is 2. The molecule has 2 aliphatic heterocycles. The number of hydrogen-bond donors (Lipinski definition) is 2. The summed E-state index contributed by atoms with van der Waals surface area (Å²) in [7, 11) is 0. The van der Waals surface area contributed by atoms with Crippen LogP contribution in [-0.2, 0) is 15.4 Å². The number of halogens is 2. The molecule has 5 rings (SSSR count). The van der Waals surface area contributed by atoms with Gasteiger partial charge in [0, 0.05) is 67.5 Å². The second-order valence-corrected chi connectivity index (χ2v) is 9.50. The summed E-state index contributed by atoms with van der Waals surface area (Å²) in [4.78, 5) is 32.0. The van der Waals surface area contributed by atoms with Crippen molar-refractivity contribution in [2.24, 2.45) is 0 Å². The molecule has 1 amide bonds. The van der Waals surface area contributed by atoms with E-state index in [1.54, 1.807) is 42.5 Å². The number of anilines is 1. The number of aromatic amines is 1. The number of alkyl halides is 2. The Labute approximate surface area is 213 Å². The Hall–Kier alpha value is -3.34. The van der Waals surface area contributed by atoms with Crippen molar-refractivity contribution in [3.63, 3.8) is 0 Å². The number of fused-ring (bicyclic) bond motifs is 1. The van der Waals surface area contributed by atoms with Gasteiger partial charge >= 0.3 is 6.09 Å². The van der Waals surface area contributed by atoms with Crippen molar-refractivity contribution < 1.29 is 23.0 Å². The summed E-state index contributed by atoms with van der Waals surface area (Å²) in [5.74, 6) is -3.06. The fourth-order valence-electron chi connectivity index (χ4n) is 4.82. The number of cyclic esters (lactones) is 1. The molecule has 196 valence electrons. The lowest BCUT2D eigenvalue weighted by molar-refractivity contribution is 0.0180. The summed E-state index contributed by atoms with van der Waals surface area (Å²) in [5, 5.41) is 4.25. The zero-order valence-electron chi connectivity index (χ0n) is 20.6. The molecule has 37 heavy (non-hydrogen) atoms. The predicted molar refractivity (Wildman–Crippen MR) is 137 cm³/mol. The minimum Gasteiger partial charge on any atom is -0.441 e. The number of nitrogens with one attached hydrogen (secondary N) is 2. The van der Waals surface area contributed by atoms with Gasteiger partial charge in [-0.25, -0.2) is 13.6 Å². The Balaban J connectivity index is 1.28. The first-order valence-corrected chi connectivity index (χ1v) is 12.4. The molecule has 0 unspecified atom stereocenters. The summed E-state index contributed by atoms with van der Waals surface area (Å²) in [6.45, 7) is 6.79. The number of nitrogens with zero attached hydrogens (tertiary/aromatic N) is 2. The lowest BCUT2D eigenvalue weighted by Gasteiger charge is -2.27. The molecule has 2 fully saturated rings. The normalized spacial score (nSPS) is 18.9. The molecule has 3 aromatic rings. The van der Waals surface area contributed by atoms with E-state index in [9.17, 15) is 18.4 Å². The second kappa shape index (κ2) is 10.6. The fraction of sp³-hybridized carbons (Fsp3) is 0.407. The number of benzene rings is 2. The number of carbonyl (C=O) groups excluding carboxylic acids is 1. The molecule has 1 aromatic heterocycles. The minimum atomic E-state index is -3.06. The molecule has 2 saturated heterocycles. The van der Waals surface area contributed by atoms with Crippen molar-refractivity contribution >= 4 is 22.6 Å². The zero-order chi connectivity index (χ0) is 26.0. The van der Waals surface area contributed by atoms with Gasteiger partial charge in [-0.05, 0) is 23.6 Å². The molecule has 3 heterocycles. The molecule has 0 aliphatic carbocycles. The number of hydrogen-bond acceptors (Lipinski definition) is 6. The van der Waals surface area contributed by atoms with E-state index in [1.165, 1.54) is 11.0 Å². The van der Waals surface area contributed by atoms with Crippen LogP contribution in [0.1, 0.15) is 12.5 Å². The molecule has 2 aromatic carbocycles. The molecule has 2 aliphatic rings. The number of carbonyl (C=O) groups is 1. The van der Waals surface area contributed by atoms with Gasteiger partial charge in [-0.2, -0.15) is 0 Å². The summed E-state index contributed by atoms with van der Waals surface area (Å²) in [5.41, 5.74) is 0.507. The maximum absolute atomic E-state index is 14.1. The van der Waals surface area contributed by atoms with Crippen LogP contribution in [0.2, 0.25) is 0 Å². The molecule has 0 bridgehead atoms. The van der Waals surface area contributed by atoms with Crippen LogP contribution in [-0.4, -0.2) is 74.6 Å². The molecule has 10 heteroatoms. The van der Waals surface area contributed by atoms with Crippen LogP contribution in [0.3, 0.4) is 0 Å². The van der Waals surface area contributed by atoms with Crippen LogP contribution < -0.4 is 15.8 Å². The van der Waals surface area contributed by atoms with E-state index in [4.69, 9.17) is 9.47 Å². The van der Waals surface area contributed by atoms with Gasteiger partial charge in [0.25, 0.3) is 11.5 Å². The fourth-order valence-corrected chi connectivity index (χ4v) is 4.82. The monoisotopic (exact) mass is 512 g/mol. The SMILES string of the molecule is CC(F)(F)c1ccccc1-c1cc2ccc(N3C[C@H](COCCN4CCNCC4)OC3=O)cc2c(=O)[nH]1. The van der Waals surface area contributed by atoms with E-state index in [-0.39, 0.29) is 11.1 Å². The molecule has 8 nitrogen and oxygen atoms in total. The summed E-state index contributed by atoms with van der Waals surface area (Å²) >= 11 is 0. The van der Waals surface area contributed by atoms with Gasteiger partial charge in [-0.15, -0.1) is 0 Å². The first kappa shape index (κ1) is 25.3. The van der Waals surface area contributed by atoms with Gasteiger partial charge in [0.2, 0.25) is 0 Å². The van der Waals surface area contributed by atoms with Gasteiger partial charge in [-0.1, -0.05) is 30.3 Å². The van der Waals surface area contributed by atoms with Crippen LogP contribution >= 0.6 is 0 Å². The topological polar surface area (TPSA) is 86.9 Å². The number of pyridine rings is 1. The Morgan fingerprint density at radius 1 is 1.11 bits per heavy atom. The van der Waals surface area contributed by atoms with Crippen molar-refractivity contribution in [2.45, 2.75) is 19.0 Å². The third-order valence-corrected chi connectivity index (χ3v) is 6.77. The number of rotatable bonds is 8. The van der Waals surface area contributed by atoms with Crippen LogP contribution in [0.5, 0.6) is 0 Å². The van der Waals surface area contributed by atoms with Crippen LogP contribution in [0.15, 0.2) is 53.3 Å². The third-order valence-electron chi connectivity index (χ3n) is 6.77. The Morgan fingerprint density at radius 2 is 1.89 bits per heavy atom. The molecule has 0 radical (unpaired) electrons. The van der Waals surface area contributed by atoms with E-state index >= 15 is 0 Å². The van der Waals surface area contributed by atoms with Gasteiger partial charge in [0.15, 0.2) is 0 Å². The summed E-state index contributed by atoms with van der Waals surface area (Å²) in [6.07, 6.45) is -0.902. The largest absolute Gasteiger partial charge is 0.441 e. The quantitative estimate of drug-likeness (QED) is 0.449. The van der Waals surface area contributed by atoms with Gasteiger partial charge in [0.05, 0.1) is 19.8 Å². The van der Waals surface area contributed by atoms with Crippen molar-refractivity contribution in [1.82, 2.24) is 15.2 Å². The molecule has 2 N–H and O–H groups in total. The lowest BCUT2D eigenvalue weighted by atomic mass is 9.98. The highest BCUT2D eigenvalue weighted by atomic mass is 19.3. The summed E-state index contributed by atoms with van der Waals surface area (Å²) < 4.78 is 39.5. The van der Waals surface area contributed by atoms with Gasteiger partial charge in [-0.3, -0.25) is 14.6 Å². The molecule has 0 spiro atoms. The smallest absolute Gasteiger partial charge is 0.414 e. The van der Waals surface area contributed by atoms with Crippen LogP contribution in [0.4, 0.5) is 19.3 Å². The van der Waals surface area contributed by atoms with Crippen LogP contribution in [0.25, 0.3) is 22.0 Å². The number of amides is 1. The minimum absolute atomic E-state index is 0.164. The Kier molecular flexibility index (Phi) is 7.23. The standard InChI is InChI=1S/C27H30F2N4O4/c1-27(28,29)23-5-3-2-4-21(23)24-14-18-6-7-19(15-22(18)25(34)31-24)33-16-20(37-26(33)35)17-36-13-12-32-10-8-30-9-11-32/h2-7,14-15,20,30H,8-13,16-17H2,1H3,(H,31,34)/t20-/m1/s1. The van der Waals surface area contributed by atoms with E-state index in [0.29, 0.717) is 41.9 Å². The van der Waals surface area contributed by atoms with E-state index in [1.807, 2.05) is 0 Å². The maximum atomic E-state index is 14.1. The zero-order valence-corrected chi connectivity index (χ0v) is 20.6. The van der Waals surface area contributed by atoms with Crippen molar-refractivity contribution in [3.8, 4) is 11.3 Å². The van der Waals surface area contributed by atoms with Gasteiger partial charge in [0.1, 0.15) is 6.10 Å².